The number of thiocarbonyl (C=S) groups is 1. The first-order valence-electron chi connectivity index (χ1n) is 8.22. The first kappa shape index (κ1) is 17.2. The van der Waals surface area contributed by atoms with Crippen LogP contribution in [0, 0.1) is 0 Å². The summed E-state index contributed by atoms with van der Waals surface area (Å²) < 4.78 is 5.17. The van der Waals surface area contributed by atoms with E-state index in [4.69, 9.17) is 17.0 Å². The predicted octanol–water partition coefficient (Wildman–Crippen LogP) is 3.88. The van der Waals surface area contributed by atoms with E-state index in [1.807, 2.05) is 35.6 Å². The van der Waals surface area contributed by atoms with Crippen LogP contribution in [0.5, 0.6) is 5.75 Å². The summed E-state index contributed by atoms with van der Waals surface area (Å²) in [6.45, 7) is 3.16. The van der Waals surface area contributed by atoms with Crippen LogP contribution < -0.4 is 15.4 Å². The molecule has 128 valence electrons. The second kappa shape index (κ2) is 8.46. The van der Waals surface area contributed by atoms with Crippen LogP contribution in [-0.4, -0.2) is 36.8 Å². The summed E-state index contributed by atoms with van der Waals surface area (Å²) in [4.78, 5) is 3.95. The molecular weight excluding hydrogens is 338 g/mol. The summed E-state index contributed by atoms with van der Waals surface area (Å²) in [5.41, 5.74) is 0.960. The van der Waals surface area contributed by atoms with Crippen molar-refractivity contribution in [3.63, 3.8) is 0 Å². The van der Waals surface area contributed by atoms with Gasteiger partial charge in [-0.1, -0.05) is 6.07 Å². The predicted molar refractivity (Wildman–Crippen MR) is 105 cm³/mol. The fourth-order valence-corrected chi connectivity index (χ4v) is 4.04. The van der Waals surface area contributed by atoms with Crippen LogP contribution in [0.2, 0.25) is 0 Å². The van der Waals surface area contributed by atoms with Crippen molar-refractivity contribution in [3.8, 4) is 5.75 Å². The highest BCUT2D eigenvalue weighted by atomic mass is 32.1. The molecule has 1 atom stereocenters. The highest BCUT2D eigenvalue weighted by Gasteiger charge is 2.24. The fraction of sp³-hybridized carbons (Fsp3) is 0.389. The molecule has 0 unspecified atom stereocenters. The monoisotopic (exact) mass is 361 g/mol. The van der Waals surface area contributed by atoms with Gasteiger partial charge in [-0.2, -0.15) is 0 Å². The number of nitrogens with one attached hydrogen (secondary N) is 2. The highest BCUT2D eigenvalue weighted by molar-refractivity contribution is 7.80. The Labute approximate surface area is 152 Å². The number of nitrogens with zero attached hydrogens (tertiary/aromatic N) is 1. The summed E-state index contributed by atoms with van der Waals surface area (Å²) in [7, 11) is 1.66. The summed E-state index contributed by atoms with van der Waals surface area (Å²) in [5, 5.41) is 9.41. The zero-order valence-electron chi connectivity index (χ0n) is 13.8. The minimum atomic E-state index is 0.392. The van der Waals surface area contributed by atoms with Crippen LogP contribution in [0.1, 0.15) is 23.8 Å². The number of hydrogen-bond acceptors (Lipinski definition) is 4. The second-order valence-corrected chi connectivity index (χ2v) is 7.23. The van der Waals surface area contributed by atoms with Crippen LogP contribution in [0.25, 0.3) is 0 Å². The van der Waals surface area contributed by atoms with Crippen molar-refractivity contribution < 1.29 is 4.74 Å². The molecule has 0 amide bonds. The third-order valence-electron chi connectivity index (χ3n) is 4.26. The van der Waals surface area contributed by atoms with Gasteiger partial charge in [0.2, 0.25) is 0 Å². The first-order chi connectivity index (χ1) is 11.8. The van der Waals surface area contributed by atoms with Crippen LogP contribution in [0.4, 0.5) is 5.69 Å². The van der Waals surface area contributed by atoms with Crippen molar-refractivity contribution >= 4 is 34.4 Å². The van der Waals surface area contributed by atoms with Gasteiger partial charge in [0.1, 0.15) is 5.75 Å². The summed E-state index contributed by atoms with van der Waals surface area (Å²) in [6.07, 6.45) is 2.58. The van der Waals surface area contributed by atoms with Gasteiger partial charge in [-0.15, -0.1) is 11.3 Å². The summed E-state index contributed by atoms with van der Waals surface area (Å²) >= 11 is 7.27. The average molecular weight is 362 g/mol. The number of anilines is 1. The number of ether oxygens (including phenoxy) is 1. The van der Waals surface area contributed by atoms with Gasteiger partial charge in [-0.25, -0.2) is 0 Å². The Kier molecular flexibility index (Phi) is 6.07. The molecule has 2 aromatic rings. The largest absolute Gasteiger partial charge is 0.497 e. The molecule has 0 spiro atoms. The number of methoxy groups -OCH3 is 1. The van der Waals surface area contributed by atoms with E-state index in [2.05, 4.69) is 33.0 Å². The number of rotatable bonds is 6. The van der Waals surface area contributed by atoms with Gasteiger partial charge in [-0.05, 0) is 73.9 Å². The van der Waals surface area contributed by atoms with E-state index in [0.717, 1.165) is 18.0 Å². The lowest BCUT2D eigenvalue weighted by Crippen LogP contribution is -2.38. The zero-order valence-corrected chi connectivity index (χ0v) is 15.5. The fourth-order valence-electron chi connectivity index (χ4n) is 2.98. The van der Waals surface area contributed by atoms with Crippen molar-refractivity contribution in [2.45, 2.75) is 18.9 Å². The molecule has 0 saturated carbocycles. The normalized spacial score (nSPS) is 15.9. The molecule has 1 aliphatic heterocycles. The Morgan fingerprint density at radius 3 is 2.62 bits per heavy atom. The van der Waals surface area contributed by atoms with E-state index in [0.29, 0.717) is 11.2 Å². The minimum absolute atomic E-state index is 0.392. The minimum Gasteiger partial charge on any atom is -0.497 e. The van der Waals surface area contributed by atoms with Gasteiger partial charge < -0.3 is 15.4 Å². The van der Waals surface area contributed by atoms with Crippen LogP contribution in [0.3, 0.4) is 0 Å². The highest BCUT2D eigenvalue weighted by Crippen LogP contribution is 2.27. The number of hydrogen-bond donors (Lipinski definition) is 2. The maximum Gasteiger partial charge on any atom is 0.170 e. The summed E-state index contributed by atoms with van der Waals surface area (Å²) in [5.74, 6) is 0.839. The molecule has 6 heteroatoms. The van der Waals surface area contributed by atoms with Crippen LogP contribution in [-0.2, 0) is 0 Å². The number of likely N-dealkylation sites (tertiary alicyclic amines) is 1. The lowest BCUT2D eigenvalue weighted by atomic mass is 10.2. The van der Waals surface area contributed by atoms with Crippen LogP contribution in [0.15, 0.2) is 41.8 Å². The summed E-state index contributed by atoms with van der Waals surface area (Å²) in [6, 6.07) is 12.5. The molecule has 0 aliphatic carbocycles. The Hall–Kier alpha value is -1.63. The van der Waals surface area contributed by atoms with Crippen LogP contribution >= 0.6 is 23.6 Å². The van der Waals surface area contributed by atoms with Crippen molar-refractivity contribution in [1.82, 2.24) is 10.2 Å². The second-order valence-electron chi connectivity index (χ2n) is 5.84. The molecular formula is C18H23N3OS2. The lowest BCUT2D eigenvalue weighted by molar-refractivity contribution is 0.249. The van der Waals surface area contributed by atoms with Crippen molar-refractivity contribution in [1.29, 1.82) is 0 Å². The average Bonchev–Trinajstić information content (AvgIpc) is 3.30. The molecule has 3 rings (SSSR count). The standard InChI is InChI=1S/C18H23N3OS2/c1-22-15-8-6-14(7-9-15)20-18(23)19-13-16(17-5-4-12-24-17)21-10-2-3-11-21/h4-9,12,16H,2-3,10-11,13H2,1H3,(H2,19,20,23)/t16-/m0/s1. The third-order valence-corrected chi connectivity index (χ3v) is 5.48. The Balaban J connectivity index is 1.56. The molecule has 1 aromatic heterocycles. The maximum absolute atomic E-state index is 5.45. The van der Waals surface area contributed by atoms with Gasteiger partial charge >= 0.3 is 0 Å². The van der Waals surface area contributed by atoms with E-state index in [1.54, 1.807) is 7.11 Å². The maximum atomic E-state index is 5.45. The molecule has 0 bridgehead atoms. The van der Waals surface area contributed by atoms with Gasteiger partial charge in [0.15, 0.2) is 5.11 Å². The van der Waals surface area contributed by atoms with E-state index in [9.17, 15) is 0 Å². The lowest BCUT2D eigenvalue weighted by Gasteiger charge is -2.27. The first-order valence-corrected chi connectivity index (χ1v) is 9.51. The molecule has 1 saturated heterocycles. The molecule has 0 radical (unpaired) electrons. The molecule has 24 heavy (non-hydrogen) atoms. The van der Waals surface area contributed by atoms with Gasteiger partial charge in [0.25, 0.3) is 0 Å². The van der Waals surface area contributed by atoms with E-state index < -0.39 is 0 Å². The molecule has 2 heterocycles. The van der Waals surface area contributed by atoms with Crippen molar-refractivity contribution in [2.75, 3.05) is 32.1 Å². The molecule has 1 aromatic carbocycles. The SMILES string of the molecule is COc1ccc(NC(=S)NC[C@@H](c2cccs2)N2CCCC2)cc1. The molecule has 2 N–H and O–H groups in total. The Morgan fingerprint density at radius 1 is 1.25 bits per heavy atom. The van der Waals surface area contributed by atoms with Crippen molar-refractivity contribution in [3.05, 3.63) is 46.7 Å². The molecule has 1 aliphatic rings. The molecule has 4 nitrogen and oxygen atoms in total. The molecule has 1 fully saturated rings. The topological polar surface area (TPSA) is 36.5 Å². The van der Waals surface area contributed by atoms with E-state index >= 15 is 0 Å². The quantitative estimate of drug-likeness (QED) is 0.764. The van der Waals surface area contributed by atoms with Crippen molar-refractivity contribution in [2.24, 2.45) is 0 Å². The van der Waals surface area contributed by atoms with Gasteiger partial charge in [0, 0.05) is 17.1 Å². The number of benzene rings is 1. The Bertz CT molecular complexity index is 637. The van der Waals surface area contributed by atoms with Gasteiger partial charge in [0.05, 0.1) is 13.2 Å². The van der Waals surface area contributed by atoms with E-state index in [-0.39, 0.29) is 0 Å². The van der Waals surface area contributed by atoms with E-state index in [1.165, 1.54) is 30.8 Å². The zero-order chi connectivity index (χ0) is 16.8. The van der Waals surface area contributed by atoms with Gasteiger partial charge in [-0.3, -0.25) is 4.90 Å². The smallest absolute Gasteiger partial charge is 0.170 e. The third kappa shape index (κ3) is 4.47. The number of thiophene rings is 1. The Morgan fingerprint density at radius 2 is 2.00 bits per heavy atom.